The first-order valence-electron chi connectivity index (χ1n) is 10.5. The maximum Gasteiger partial charge on any atom is 0.241 e. The topological polar surface area (TPSA) is 77.9 Å². The SMILES string of the molecule is CCCCS(=O)(=O)N1CCCC1C(=O)N1CCC(C(O)c2ccccc2)CC1. The van der Waals surface area contributed by atoms with Gasteiger partial charge in [-0.1, -0.05) is 43.7 Å². The predicted octanol–water partition coefficient (Wildman–Crippen LogP) is 2.55. The van der Waals surface area contributed by atoms with Gasteiger partial charge in [0, 0.05) is 19.6 Å². The maximum absolute atomic E-state index is 13.0. The third-order valence-corrected chi connectivity index (χ3v) is 8.00. The van der Waals surface area contributed by atoms with Gasteiger partial charge >= 0.3 is 0 Å². The van der Waals surface area contributed by atoms with Gasteiger partial charge in [0.25, 0.3) is 0 Å². The molecule has 1 amide bonds. The number of rotatable bonds is 7. The van der Waals surface area contributed by atoms with Crippen LogP contribution in [0.25, 0.3) is 0 Å². The van der Waals surface area contributed by atoms with Crippen LogP contribution < -0.4 is 0 Å². The predicted molar refractivity (Wildman–Crippen MR) is 109 cm³/mol. The summed E-state index contributed by atoms with van der Waals surface area (Å²) in [5.41, 5.74) is 0.913. The summed E-state index contributed by atoms with van der Waals surface area (Å²) in [6.45, 7) is 3.57. The summed E-state index contributed by atoms with van der Waals surface area (Å²) in [6.07, 6.45) is 3.75. The van der Waals surface area contributed by atoms with Crippen molar-refractivity contribution < 1.29 is 18.3 Å². The van der Waals surface area contributed by atoms with Crippen LogP contribution in [-0.2, 0) is 14.8 Å². The second-order valence-electron chi connectivity index (χ2n) is 7.96. The van der Waals surface area contributed by atoms with E-state index in [4.69, 9.17) is 0 Å². The second-order valence-corrected chi connectivity index (χ2v) is 10.00. The Morgan fingerprint density at radius 2 is 1.82 bits per heavy atom. The molecule has 2 aliphatic heterocycles. The Labute approximate surface area is 168 Å². The number of likely N-dealkylation sites (tertiary alicyclic amines) is 1. The lowest BCUT2D eigenvalue weighted by Crippen LogP contribution is -2.50. The highest BCUT2D eigenvalue weighted by Crippen LogP contribution is 2.32. The van der Waals surface area contributed by atoms with E-state index in [2.05, 4.69) is 0 Å². The van der Waals surface area contributed by atoms with Gasteiger partial charge < -0.3 is 10.0 Å². The number of hydrogen-bond acceptors (Lipinski definition) is 4. The van der Waals surface area contributed by atoms with Crippen LogP contribution in [0.1, 0.15) is 57.1 Å². The molecular weight excluding hydrogens is 376 g/mol. The van der Waals surface area contributed by atoms with Gasteiger partial charge in [-0.2, -0.15) is 4.31 Å². The molecule has 0 aliphatic carbocycles. The number of carbonyl (C=O) groups is 1. The Kier molecular flexibility index (Phi) is 7.12. The van der Waals surface area contributed by atoms with Gasteiger partial charge in [-0.15, -0.1) is 0 Å². The minimum atomic E-state index is -3.37. The first kappa shape index (κ1) is 21.3. The molecule has 3 rings (SSSR count). The zero-order valence-corrected chi connectivity index (χ0v) is 17.5. The molecule has 28 heavy (non-hydrogen) atoms. The number of aliphatic hydroxyl groups is 1. The van der Waals surface area contributed by atoms with Crippen molar-refractivity contribution in [2.75, 3.05) is 25.4 Å². The van der Waals surface area contributed by atoms with Crippen molar-refractivity contribution in [3.8, 4) is 0 Å². The van der Waals surface area contributed by atoms with E-state index < -0.39 is 22.2 Å². The molecule has 2 saturated heterocycles. The molecule has 0 aromatic heterocycles. The zero-order valence-electron chi connectivity index (χ0n) is 16.7. The first-order chi connectivity index (χ1) is 13.4. The van der Waals surface area contributed by atoms with Crippen LogP contribution in [-0.4, -0.2) is 60.1 Å². The smallest absolute Gasteiger partial charge is 0.241 e. The first-order valence-corrected chi connectivity index (χ1v) is 12.1. The maximum atomic E-state index is 13.0. The van der Waals surface area contributed by atoms with Crippen LogP contribution in [0.2, 0.25) is 0 Å². The van der Waals surface area contributed by atoms with Crippen LogP contribution >= 0.6 is 0 Å². The van der Waals surface area contributed by atoms with Crippen LogP contribution in [0.3, 0.4) is 0 Å². The summed E-state index contributed by atoms with van der Waals surface area (Å²) in [5, 5.41) is 10.6. The van der Waals surface area contributed by atoms with Crippen molar-refractivity contribution in [1.29, 1.82) is 0 Å². The lowest BCUT2D eigenvalue weighted by atomic mass is 9.87. The molecule has 1 N–H and O–H groups in total. The van der Waals surface area contributed by atoms with Crippen molar-refractivity contribution in [3.63, 3.8) is 0 Å². The molecule has 2 atom stereocenters. The summed E-state index contributed by atoms with van der Waals surface area (Å²) in [6, 6.07) is 9.09. The number of amides is 1. The fraction of sp³-hybridized carbons (Fsp3) is 0.667. The molecule has 0 saturated carbocycles. The minimum Gasteiger partial charge on any atom is -0.388 e. The molecular formula is C21H32N2O4S. The largest absolute Gasteiger partial charge is 0.388 e. The van der Waals surface area contributed by atoms with Crippen molar-refractivity contribution >= 4 is 15.9 Å². The van der Waals surface area contributed by atoms with Gasteiger partial charge in [-0.05, 0) is 43.6 Å². The number of carbonyl (C=O) groups excluding carboxylic acids is 1. The average molecular weight is 409 g/mol. The normalized spacial score (nSPS) is 23.1. The summed E-state index contributed by atoms with van der Waals surface area (Å²) < 4.78 is 26.7. The van der Waals surface area contributed by atoms with Crippen molar-refractivity contribution in [3.05, 3.63) is 35.9 Å². The Morgan fingerprint density at radius 1 is 1.14 bits per heavy atom. The standard InChI is InChI=1S/C21H32N2O4S/c1-2-3-16-28(26,27)23-13-7-10-19(23)21(25)22-14-11-18(12-15-22)20(24)17-8-5-4-6-9-17/h4-6,8-9,18-20,24H,2-3,7,10-16H2,1H3. The van der Waals surface area contributed by atoms with Crippen molar-refractivity contribution in [2.45, 2.75) is 57.6 Å². The van der Waals surface area contributed by atoms with Crippen LogP contribution in [0.15, 0.2) is 30.3 Å². The molecule has 2 heterocycles. The van der Waals surface area contributed by atoms with Gasteiger partial charge in [0.15, 0.2) is 0 Å². The Balaban J connectivity index is 1.58. The molecule has 156 valence electrons. The fourth-order valence-electron chi connectivity index (χ4n) is 4.33. The molecule has 1 aromatic rings. The third kappa shape index (κ3) is 4.75. The van der Waals surface area contributed by atoms with Gasteiger partial charge in [-0.25, -0.2) is 8.42 Å². The highest BCUT2D eigenvalue weighted by molar-refractivity contribution is 7.89. The van der Waals surface area contributed by atoms with E-state index in [9.17, 15) is 18.3 Å². The Morgan fingerprint density at radius 3 is 2.46 bits per heavy atom. The zero-order chi connectivity index (χ0) is 20.1. The van der Waals surface area contributed by atoms with E-state index in [-0.39, 0.29) is 17.6 Å². The second kappa shape index (κ2) is 9.37. The molecule has 0 bridgehead atoms. The average Bonchev–Trinajstić information content (AvgIpc) is 3.23. The number of hydrogen-bond donors (Lipinski definition) is 1. The van der Waals surface area contributed by atoms with Crippen molar-refractivity contribution in [2.24, 2.45) is 5.92 Å². The number of aliphatic hydroxyl groups excluding tert-OH is 1. The van der Waals surface area contributed by atoms with E-state index in [0.29, 0.717) is 32.5 Å². The number of nitrogens with zero attached hydrogens (tertiary/aromatic N) is 2. The van der Waals surface area contributed by atoms with E-state index in [1.54, 1.807) is 4.90 Å². The molecule has 2 unspecified atom stereocenters. The van der Waals surface area contributed by atoms with E-state index in [1.165, 1.54) is 4.31 Å². The number of sulfonamides is 1. The van der Waals surface area contributed by atoms with E-state index in [0.717, 1.165) is 31.2 Å². The molecule has 0 spiro atoms. The summed E-state index contributed by atoms with van der Waals surface area (Å²) >= 11 is 0. The van der Waals surface area contributed by atoms with Crippen molar-refractivity contribution in [1.82, 2.24) is 9.21 Å². The summed E-state index contributed by atoms with van der Waals surface area (Å²) in [4.78, 5) is 14.8. The summed E-state index contributed by atoms with van der Waals surface area (Å²) in [7, 11) is -3.37. The molecule has 1 aromatic carbocycles. The Bertz CT molecular complexity index is 745. The number of benzene rings is 1. The van der Waals surface area contributed by atoms with Gasteiger partial charge in [0.05, 0.1) is 11.9 Å². The lowest BCUT2D eigenvalue weighted by molar-refractivity contribution is -0.136. The molecule has 6 nitrogen and oxygen atoms in total. The third-order valence-electron chi connectivity index (χ3n) is 6.04. The highest BCUT2D eigenvalue weighted by Gasteiger charge is 2.41. The minimum absolute atomic E-state index is 0.0646. The molecule has 0 radical (unpaired) electrons. The highest BCUT2D eigenvalue weighted by atomic mass is 32.2. The molecule has 7 heteroatoms. The van der Waals surface area contributed by atoms with E-state index >= 15 is 0 Å². The lowest BCUT2D eigenvalue weighted by Gasteiger charge is -2.36. The Hall–Kier alpha value is -1.44. The fourth-order valence-corrected chi connectivity index (χ4v) is 6.21. The monoisotopic (exact) mass is 408 g/mol. The van der Waals surface area contributed by atoms with Gasteiger partial charge in [0.1, 0.15) is 6.04 Å². The van der Waals surface area contributed by atoms with Crippen LogP contribution in [0.4, 0.5) is 0 Å². The molecule has 2 fully saturated rings. The van der Waals surface area contributed by atoms with Gasteiger partial charge in [0.2, 0.25) is 15.9 Å². The quantitative estimate of drug-likeness (QED) is 0.752. The van der Waals surface area contributed by atoms with E-state index in [1.807, 2.05) is 37.3 Å². The van der Waals surface area contributed by atoms with Crippen LogP contribution in [0.5, 0.6) is 0 Å². The number of unbranched alkanes of at least 4 members (excludes halogenated alkanes) is 1. The number of piperidine rings is 1. The van der Waals surface area contributed by atoms with Gasteiger partial charge in [-0.3, -0.25) is 4.79 Å². The molecule has 2 aliphatic rings. The van der Waals surface area contributed by atoms with Crippen LogP contribution in [0, 0.1) is 5.92 Å². The summed E-state index contributed by atoms with van der Waals surface area (Å²) in [5.74, 6) is 0.183.